The fourth-order valence-electron chi connectivity index (χ4n) is 3.85. The van der Waals surface area contributed by atoms with Gasteiger partial charge in [0.15, 0.2) is 0 Å². The Kier molecular flexibility index (Phi) is 5.52. The molecular weight excluding hydrogens is 411 g/mol. The van der Waals surface area contributed by atoms with Crippen molar-refractivity contribution in [2.24, 2.45) is 5.92 Å². The van der Waals surface area contributed by atoms with E-state index in [0.717, 1.165) is 22.3 Å². The minimum Gasteiger partial charge on any atom is -0.333 e. The van der Waals surface area contributed by atoms with E-state index in [1.165, 1.54) is 4.90 Å². The Morgan fingerprint density at radius 2 is 2.10 bits per heavy atom. The second-order valence-corrected chi connectivity index (χ2v) is 7.86. The number of amides is 2. The van der Waals surface area contributed by atoms with Crippen molar-refractivity contribution in [2.45, 2.75) is 26.1 Å². The molecule has 8 nitrogen and oxygen atoms in total. The highest BCUT2D eigenvalue weighted by Gasteiger charge is 2.37. The van der Waals surface area contributed by atoms with Gasteiger partial charge in [-0.15, -0.1) is 0 Å². The van der Waals surface area contributed by atoms with Gasteiger partial charge in [0, 0.05) is 54.2 Å². The van der Waals surface area contributed by atoms with Crippen LogP contribution in [0.5, 0.6) is 0 Å². The molecule has 0 unspecified atom stereocenters. The summed E-state index contributed by atoms with van der Waals surface area (Å²) >= 11 is 0. The zero-order valence-corrected chi connectivity index (χ0v) is 17.0. The first-order valence-corrected chi connectivity index (χ1v) is 9.82. The largest absolute Gasteiger partial charge is 0.401 e. The van der Waals surface area contributed by atoms with E-state index < -0.39 is 18.8 Å². The summed E-state index contributed by atoms with van der Waals surface area (Å²) in [7, 11) is 0. The van der Waals surface area contributed by atoms with E-state index >= 15 is 0 Å². The molecule has 0 spiro atoms. The van der Waals surface area contributed by atoms with Crippen molar-refractivity contribution < 1.29 is 18.0 Å². The summed E-state index contributed by atoms with van der Waals surface area (Å²) in [5, 5.41) is 13.5. The van der Waals surface area contributed by atoms with Crippen molar-refractivity contribution in [3.8, 4) is 11.3 Å². The van der Waals surface area contributed by atoms with E-state index in [4.69, 9.17) is 0 Å². The predicted octanol–water partition coefficient (Wildman–Crippen LogP) is 3.33. The average molecular weight is 433 g/mol. The molecule has 4 rings (SSSR count). The van der Waals surface area contributed by atoms with E-state index in [1.807, 2.05) is 26.0 Å². The van der Waals surface area contributed by atoms with Crippen LogP contribution >= 0.6 is 0 Å². The maximum Gasteiger partial charge on any atom is 0.401 e. The third-order valence-corrected chi connectivity index (χ3v) is 5.27. The number of pyridine rings is 2. The van der Waals surface area contributed by atoms with E-state index in [2.05, 4.69) is 30.8 Å². The number of carbonyl (C=O) groups excluding carboxylic acids is 1. The standard InChI is InChI=1S/C20H22F3N7O/c1-11-8-30(10-20(21,22)23)9-16(11)26-19(31)27-17-6-15-14(7-25-17)18(29-28-15)13-3-4-24-12(2)5-13/h3-7,11,16H,8-10H2,1-2H3,(H,28,29)(H2,25,26,27,31)/t11-,16-/m1/s1. The summed E-state index contributed by atoms with van der Waals surface area (Å²) < 4.78 is 37.8. The van der Waals surface area contributed by atoms with Crippen molar-refractivity contribution in [1.82, 2.24) is 30.4 Å². The van der Waals surface area contributed by atoms with Crippen molar-refractivity contribution in [1.29, 1.82) is 0 Å². The highest BCUT2D eigenvalue weighted by atomic mass is 19.4. The number of halogens is 3. The van der Waals surface area contributed by atoms with E-state index in [0.29, 0.717) is 11.3 Å². The third kappa shape index (κ3) is 4.93. The second kappa shape index (κ2) is 8.14. The van der Waals surface area contributed by atoms with Crippen LogP contribution in [0.1, 0.15) is 12.6 Å². The van der Waals surface area contributed by atoms with Crippen molar-refractivity contribution in [3.05, 3.63) is 36.3 Å². The van der Waals surface area contributed by atoms with Crippen LogP contribution in [0.3, 0.4) is 0 Å². The van der Waals surface area contributed by atoms with E-state index in [9.17, 15) is 18.0 Å². The number of alkyl halides is 3. The molecule has 1 aliphatic rings. The van der Waals surface area contributed by atoms with Gasteiger partial charge in [-0.3, -0.25) is 20.3 Å². The first-order chi connectivity index (χ1) is 14.7. The van der Waals surface area contributed by atoms with Crippen molar-refractivity contribution in [3.63, 3.8) is 0 Å². The highest BCUT2D eigenvalue weighted by Crippen LogP contribution is 2.27. The average Bonchev–Trinajstić information content (AvgIpc) is 3.23. The highest BCUT2D eigenvalue weighted by molar-refractivity contribution is 5.95. The quantitative estimate of drug-likeness (QED) is 0.586. The number of hydrogen-bond donors (Lipinski definition) is 3. The van der Waals surface area contributed by atoms with Gasteiger partial charge in [-0.1, -0.05) is 6.92 Å². The van der Waals surface area contributed by atoms with Crippen LogP contribution in [0.15, 0.2) is 30.6 Å². The number of rotatable bonds is 4. The summed E-state index contributed by atoms with van der Waals surface area (Å²) in [6.07, 6.45) is -0.935. The molecule has 1 saturated heterocycles. The number of anilines is 1. The molecule has 1 fully saturated rings. The molecule has 3 aromatic heterocycles. The Bertz CT molecular complexity index is 1100. The molecule has 0 radical (unpaired) electrons. The number of H-pyrrole nitrogens is 1. The molecule has 0 saturated carbocycles. The Morgan fingerprint density at radius 1 is 1.29 bits per heavy atom. The molecule has 0 bridgehead atoms. The number of likely N-dealkylation sites (tertiary alicyclic amines) is 1. The fourth-order valence-corrected chi connectivity index (χ4v) is 3.85. The summed E-state index contributed by atoms with van der Waals surface area (Å²) in [4.78, 5) is 22.1. The lowest BCUT2D eigenvalue weighted by Gasteiger charge is -2.18. The molecule has 11 heteroatoms. The number of carbonyl (C=O) groups is 1. The van der Waals surface area contributed by atoms with Gasteiger partial charge in [-0.2, -0.15) is 18.3 Å². The number of hydrogen-bond acceptors (Lipinski definition) is 5. The van der Waals surface area contributed by atoms with Gasteiger partial charge in [0.25, 0.3) is 0 Å². The van der Waals surface area contributed by atoms with Crippen LogP contribution < -0.4 is 10.6 Å². The normalized spacial score (nSPS) is 19.6. The number of nitrogens with zero attached hydrogens (tertiary/aromatic N) is 4. The number of fused-ring (bicyclic) bond motifs is 1. The summed E-state index contributed by atoms with van der Waals surface area (Å²) in [6.45, 7) is 3.16. The lowest BCUT2D eigenvalue weighted by atomic mass is 10.1. The minimum absolute atomic E-state index is 0.0949. The number of nitrogens with one attached hydrogen (secondary N) is 3. The lowest BCUT2D eigenvalue weighted by Crippen LogP contribution is -2.43. The Balaban J connectivity index is 1.41. The van der Waals surface area contributed by atoms with Gasteiger partial charge >= 0.3 is 12.2 Å². The maximum absolute atomic E-state index is 12.6. The van der Waals surface area contributed by atoms with Crippen LogP contribution in [0.4, 0.5) is 23.8 Å². The van der Waals surface area contributed by atoms with Crippen LogP contribution in [0.2, 0.25) is 0 Å². The first-order valence-electron chi connectivity index (χ1n) is 9.82. The molecule has 4 heterocycles. The van der Waals surface area contributed by atoms with Crippen LogP contribution in [-0.2, 0) is 0 Å². The van der Waals surface area contributed by atoms with E-state index in [1.54, 1.807) is 18.5 Å². The van der Waals surface area contributed by atoms with Crippen molar-refractivity contribution in [2.75, 3.05) is 25.0 Å². The molecule has 0 aromatic carbocycles. The first kappa shape index (κ1) is 21.0. The molecular formula is C20H22F3N7O. The number of aromatic amines is 1. The molecule has 3 N–H and O–H groups in total. The molecule has 2 amide bonds. The zero-order valence-electron chi connectivity index (χ0n) is 17.0. The summed E-state index contributed by atoms with van der Waals surface area (Å²) in [5.74, 6) is 0.214. The monoisotopic (exact) mass is 433 g/mol. The van der Waals surface area contributed by atoms with Gasteiger partial charge in [-0.25, -0.2) is 9.78 Å². The van der Waals surface area contributed by atoms with Gasteiger partial charge < -0.3 is 5.32 Å². The van der Waals surface area contributed by atoms with Crippen LogP contribution in [0, 0.1) is 12.8 Å². The van der Waals surface area contributed by atoms with Gasteiger partial charge in [0.1, 0.15) is 11.5 Å². The van der Waals surface area contributed by atoms with Gasteiger partial charge in [0.05, 0.1) is 12.1 Å². The molecule has 0 aliphatic carbocycles. The Morgan fingerprint density at radius 3 is 2.84 bits per heavy atom. The molecule has 2 atom stereocenters. The summed E-state index contributed by atoms with van der Waals surface area (Å²) in [5.41, 5.74) is 3.19. The maximum atomic E-state index is 12.6. The SMILES string of the molecule is Cc1cc(-c2n[nH]c3cc(NC(=O)N[C@@H]4CN(CC(F)(F)F)C[C@H]4C)ncc23)ccn1. The fraction of sp³-hybridized carbons (Fsp3) is 0.400. The summed E-state index contributed by atoms with van der Waals surface area (Å²) in [6, 6.07) is 4.54. The van der Waals surface area contributed by atoms with Crippen LogP contribution in [-0.4, -0.2) is 62.9 Å². The molecule has 1 aliphatic heterocycles. The van der Waals surface area contributed by atoms with Crippen molar-refractivity contribution >= 4 is 22.8 Å². The lowest BCUT2D eigenvalue weighted by molar-refractivity contribution is -0.143. The Labute approximate surface area is 176 Å². The van der Waals surface area contributed by atoms with Gasteiger partial charge in [-0.05, 0) is 25.0 Å². The molecule has 164 valence electrons. The van der Waals surface area contributed by atoms with Gasteiger partial charge in [0.2, 0.25) is 0 Å². The minimum atomic E-state index is -4.26. The smallest absolute Gasteiger partial charge is 0.333 e. The second-order valence-electron chi connectivity index (χ2n) is 7.86. The Hall–Kier alpha value is -3.21. The van der Waals surface area contributed by atoms with Crippen LogP contribution in [0.25, 0.3) is 22.2 Å². The number of urea groups is 1. The number of aromatic nitrogens is 4. The topological polar surface area (TPSA) is 98.8 Å². The van der Waals surface area contributed by atoms with E-state index in [-0.39, 0.29) is 25.0 Å². The molecule has 3 aromatic rings. The third-order valence-electron chi connectivity index (χ3n) is 5.27. The zero-order chi connectivity index (χ0) is 22.2. The number of aryl methyl sites for hydroxylation is 1. The molecule has 31 heavy (non-hydrogen) atoms. The predicted molar refractivity (Wildman–Crippen MR) is 109 cm³/mol.